The summed E-state index contributed by atoms with van der Waals surface area (Å²) in [6.45, 7) is 4.24. The quantitative estimate of drug-likeness (QED) is 0.402. The Balaban J connectivity index is 1.68. The van der Waals surface area contributed by atoms with Crippen LogP contribution in [0.1, 0.15) is 30.4 Å². The molecule has 4 amide bonds. The van der Waals surface area contributed by atoms with E-state index in [-0.39, 0.29) is 12.5 Å². The average molecular weight is 412 g/mol. The molecular weight excluding hydrogens is 384 g/mol. The molecule has 0 aliphatic carbocycles. The lowest BCUT2D eigenvalue weighted by Gasteiger charge is -2.15. The second-order valence-corrected chi connectivity index (χ2v) is 7.10. The second-order valence-electron chi connectivity index (χ2n) is 7.10. The summed E-state index contributed by atoms with van der Waals surface area (Å²) in [5.74, 6) is -1.10. The van der Waals surface area contributed by atoms with Crippen molar-refractivity contribution in [3.05, 3.63) is 59.7 Å². The summed E-state index contributed by atoms with van der Waals surface area (Å²) in [5.41, 5.74) is 3.34. The summed E-state index contributed by atoms with van der Waals surface area (Å²) >= 11 is 0. The maximum Gasteiger partial charge on any atom is 0.326 e. The van der Waals surface area contributed by atoms with Crippen LogP contribution in [0.2, 0.25) is 0 Å². The van der Waals surface area contributed by atoms with Gasteiger partial charge in [0.05, 0.1) is 0 Å². The lowest BCUT2D eigenvalue weighted by atomic mass is 10.1. The van der Waals surface area contributed by atoms with Gasteiger partial charge in [0.2, 0.25) is 0 Å². The lowest BCUT2D eigenvalue weighted by molar-refractivity contribution is -0.139. The van der Waals surface area contributed by atoms with Gasteiger partial charge in [-0.25, -0.2) is 14.4 Å². The molecule has 0 bridgehead atoms. The molecule has 0 heterocycles. The summed E-state index contributed by atoms with van der Waals surface area (Å²) in [6, 6.07) is 12.8. The molecule has 30 heavy (non-hydrogen) atoms. The number of aryl methyl sites for hydroxylation is 2. The highest BCUT2D eigenvalue weighted by atomic mass is 16.4. The maximum atomic E-state index is 12.1. The summed E-state index contributed by atoms with van der Waals surface area (Å²) in [4.78, 5) is 35.4. The molecular formula is C22H28N4O4. The number of carbonyl (C=O) groups is 3. The number of carbonyl (C=O) groups excluding carboxylic acids is 2. The van der Waals surface area contributed by atoms with Crippen molar-refractivity contribution >= 4 is 29.4 Å². The maximum absolute atomic E-state index is 12.1. The minimum Gasteiger partial charge on any atom is -0.480 e. The number of aliphatic carboxylic acids is 1. The molecule has 2 rings (SSSR count). The van der Waals surface area contributed by atoms with Crippen molar-refractivity contribution in [3.63, 3.8) is 0 Å². The van der Waals surface area contributed by atoms with E-state index in [0.29, 0.717) is 30.8 Å². The van der Waals surface area contributed by atoms with Crippen LogP contribution in [0.15, 0.2) is 48.5 Å². The molecule has 0 fully saturated rings. The third-order valence-corrected chi connectivity index (χ3v) is 4.36. The van der Waals surface area contributed by atoms with Crippen molar-refractivity contribution in [2.24, 2.45) is 0 Å². The topological polar surface area (TPSA) is 120 Å². The molecule has 0 spiro atoms. The first kappa shape index (κ1) is 22.7. The van der Waals surface area contributed by atoms with Crippen molar-refractivity contribution < 1.29 is 19.5 Å². The monoisotopic (exact) mass is 412 g/mol. The van der Waals surface area contributed by atoms with Crippen molar-refractivity contribution in [2.45, 2.75) is 39.2 Å². The zero-order valence-corrected chi connectivity index (χ0v) is 17.2. The van der Waals surface area contributed by atoms with Gasteiger partial charge in [-0.2, -0.15) is 0 Å². The number of nitrogens with one attached hydrogen (secondary N) is 4. The van der Waals surface area contributed by atoms with E-state index in [1.54, 1.807) is 18.2 Å². The molecule has 0 saturated heterocycles. The highest BCUT2D eigenvalue weighted by Gasteiger charge is 2.19. The highest BCUT2D eigenvalue weighted by molar-refractivity contribution is 5.92. The van der Waals surface area contributed by atoms with Crippen molar-refractivity contribution in [1.29, 1.82) is 0 Å². The van der Waals surface area contributed by atoms with Crippen LogP contribution in [-0.4, -0.2) is 35.7 Å². The Morgan fingerprint density at radius 3 is 1.97 bits per heavy atom. The predicted molar refractivity (Wildman–Crippen MR) is 117 cm³/mol. The molecule has 8 heteroatoms. The predicted octanol–water partition coefficient (Wildman–Crippen LogP) is 3.87. The standard InChI is InChI=1S/C22H28N4O4/c1-15-7-5-9-17(13-15)24-21(29)23-12-4-3-11-19(20(27)28)26-22(30)25-18-10-6-8-16(2)14-18/h5-10,13-14,19H,3-4,11-12H2,1-2H3,(H,27,28)(H2,23,24,29)(H2,25,26,30)/t19-/m0/s1. The molecule has 0 unspecified atom stereocenters. The van der Waals surface area contributed by atoms with Crippen molar-refractivity contribution in [3.8, 4) is 0 Å². The number of urea groups is 2. The van der Waals surface area contributed by atoms with E-state index in [0.717, 1.165) is 11.1 Å². The summed E-state index contributed by atoms with van der Waals surface area (Å²) in [6.07, 6.45) is 1.39. The molecule has 0 saturated carbocycles. The van der Waals surface area contributed by atoms with Gasteiger partial charge in [0, 0.05) is 17.9 Å². The fraction of sp³-hybridized carbons (Fsp3) is 0.318. The van der Waals surface area contributed by atoms with E-state index >= 15 is 0 Å². The molecule has 2 aromatic rings. The Kier molecular flexibility index (Phi) is 8.68. The summed E-state index contributed by atoms with van der Waals surface area (Å²) < 4.78 is 0. The van der Waals surface area contributed by atoms with Gasteiger partial charge < -0.3 is 26.4 Å². The number of hydrogen-bond acceptors (Lipinski definition) is 3. The largest absolute Gasteiger partial charge is 0.480 e. The van der Waals surface area contributed by atoms with Crippen LogP contribution in [0.25, 0.3) is 0 Å². The van der Waals surface area contributed by atoms with Crippen LogP contribution >= 0.6 is 0 Å². The van der Waals surface area contributed by atoms with E-state index in [4.69, 9.17) is 0 Å². The molecule has 2 aromatic carbocycles. The zero-order valence-electron chi connectivity index (χ0n) is 17.2. The van der Waals surface area contributed by atoms with Crippen LogP contribution in [0, 0.1) is 13.8 Å². The normalized spacial score (nSPS) is 11.3. The highest BCUT2D eigenvalue weighted by Crippen LogP contribution is 2.10. The number of benzene rings is 2. The van der Waals surface area contributed by atoms with Gasteiger partial charge in [0.15, 0.2) is 0 Å². The minimum absolute atomic E-state index is 0.262. The van der Waals surface area contributed by atoms with Gasteiger partial charge in [-0.3, -0.25) is 0 Å². The molecule has 1 atom stereocenters. The number of rotatable bonds is 9. The van der Waals surface area contributed by atoms with Crippen LogP contribution in [0.5, 0.6) is 0 Å². The number of carboxylic acid groups (broad SMARTS) is 1. The molecule has 0 radical (unpaired) electrons. The van der Waals surface area contributed by atoms with Gasteiger partial charge >= 0.3 is 18.0 Å². The smallest absolute Gasteiger partial charge is 0.326 e. The Bertz CT molecular complexity index is 885. The molecule has 8 nitrogen and oxygen atoms in total. The molecule has 160 valence electrons. The number of carboxylic acids is 1. The Morgan fingerprint density at radius 1 is 0.867 bits per heavy atom. The number of hydrogen-bond donors (Lipinski definition) is 5. The van der Waals surface area contributed by atoms with E-state index in [2.05, 4.69) is 21.3 Å². The number of amides is 4. The molecule has 0 aliphatic rings. The van der Waals surface area contributed by atoms with Crippen LogP contribution in [-0.2, 0) is 4.79 Å². The Hall–Kier alpha value is -3.55. The number of unbranched alkanes of at least 4 members (excludes halogenated alkanes) is 1. The SMILES string of the molecule is Cc1cccc(NC(=O)NCCCC[C@H](NC(=O)Nc2cccc(C)c2)C(=O)O)c1. The molecule has 0 aromatic heterocycles. The summed E-state index contributed by atoms with van der Waals surface area (Å²) in [5, 5.41) is 19.9. The second kappa shape index (κ2) is 11.5. The van der Waals surface area contributed by atoms with E-state index in [1.807, 2.05) is 44.2 Å². The summed E-state index contributed by atoms with van der Waals surface area (Å²) in [7, 11) is 0. The fourth-order valence-corrected chi connectivity index (χ4v) is 2.88. The van der Waals surface area contributed by atoms with E-state index in [1.165, 1.54) is 0 Å². The first-order valence-electron chi connectivity index (χ1n) is 9.82. The fourth-order valence-electron chi connectivity index (χ4n) is 2.88. The lowest BCUT2D eigenvalue weighted by Crippen LogP contribution is -2.43. The first-order chi connectivity index (χ1) is 14.3. The number of anilines is 2. The minimum atomic E-state index is -1.10. The van der Waals surface area contributed by atoms with Gasteiger partial charge in [-0.1, -0.05) is 24.3 Å². The Labute approximate surface area is 176 Å². The van der Waals surface area contributed by atoms with E-state index < -0.39 is 18.0 Å². The van der Waals surface area contributed by atoms with Crippen molar-refractivity contribution in [1.82, 2.24) is 10.6 Å². The van der Waals surface area contributed by atoms with Crippen LogP contribution < -0.4 is 21.3 Å². The van der Waals surface area contributed by atoms with Gasteiger partial charge in [0.25, 0.3) is 0 Å². The average Bonchev–Trinajstić information content (AvgIpc) is 2.66. The van der Waals surface area contributed by atoms with Crippen molar-refractivity contribution in [2.75, 3.05) is 17.2 Å². The van der Waals surface area contributed by atoms with Crippen LogP contribution in [0.4, 0.5) is 21.0 Å². The van der Waals surface area contributed by atoms with Gasteiger partial charge in [-0.15, -0.1) is 0 Å². The third-order valence-electron chi connectivity index (χ3n) is 4.36. The molecule has 0 aliphatic heterocycles. The van der Waals surface area contributed by atoms with E-state index in [9.17, 15) is 19.5 Å². The molecule has 5 N–H and O–H groups in total. The Morgan fingerprint density at radius 2 is 1.43 bits per heavy atom. The van der Waals surface area contributed by atoms with Gasteiger partial charge in [-0.05, 0) is 68.5 Å². The van der Waals surface area contributed by atoms with Crippen LogP contribution in [0.3, 0.4) is 0 Å². The first-order valence-corrected chi connectivity index (χ1v) is 9.82. The third kappa shape index (κ3) is 8.22. The zero-order chi connectivity index (χ0) is 21.9. The van der Waals surface area contributed by atoms with Gasteiger partial charge in [0.1, 0.15) is 6.04 Å².